The lowest BCUT2D eigenvalue weighted by Gasteiger charge is -2.28. The zero-order valence-electron chi connectivity index (χ0n) is 16.8. The van der Waals surface area contributed by atoms with Crippen LogP contribution in [0.15, 0.2) is 67.3 Å². The Kier molecular flexibility index (Phi) is 6.39. The lowest BCUT2D eigenvalue weighted by molar-refractivity contribution is -0.132. The normalized spacial score (nSPS) is 12.8. The van der Waals surface area contributed by atoms with Crippen LogP contribution in [0.1, 0.15) is 43.5 Å². The van der Waals surface area contributed by atoms with Crippen LogP contribution in [0, 0.1) is 0 Å². The minimum Gasteiger partial charge on any atom is -0.349 e. The molecule has 3 aromatic rings. The Morgan fingerprint density at radius 2 is 1.76 bits per heavy atom. The van der Waals surface area contributed by atoms with E-state index in [2.05, 4.69) is 15.4 Å². The highest BCUT2D eigenvalue weighted by Gasteiger charge is 2.23. The molecule has 1 aromatic heterocycles. The Balaban J connectivity index is 1.70. The van der Waals surface area contributed by atoms with E-state index < -0.39 is 0 Å². The molecule has 0 bridgehead atoms. The molecule has 0 unspecified atom stereocenters. The fourth-order valence-electron chi connectivity index (χ4n) is 3.19. The van der Waals surface area contributed by atoms with Gasteiger partial charge in [0.1, 0.15) is 12.7 Å². The van der Waals surface area contributed by atoms with Gasteiger partial charge in [0, 0.05) is 14.0 Å². The summed E-state index contributed by atoms with van der Waals surface area (Å²) in [7, 11) is 1.79. The third kappa shape index (κ3) is 5.07. The number of aromatic nitrogens is 3. The molecule has 2 aromatic carbocycles. The van der Waals surface area contributed by atoms with E-state index in [4.69, 9.17) is 0 Å². The summed E-state index contributed by atoms with van der Waals surface area (Å²) in [5, 5.41) is 7.00. The van der Waals surface area contributed by atoms with E-state index >= 15 is 0 Å². The molecule has 150 valence electrons. The number of rotatable bonds is 7. The summed E-state index contributed by atoms with van der Waals surface area (Å²) in [6, 6.07) is 16.9. The van der Waals surface area contributed by atoms with Crippen LogP contribution in [0.2, 0.25) is 0 Å². The predicted octanol–water partition coefficient (Wildman–Crippen LogP) is 3.05. The average Bonchev–Trinajstić information content (AvgIpc) is 3.27. The largest absolute Gasteiger partial charge is 0.349 e. The number of hydrogen-bond acceptors (Lipinski definition) is 4. The van der Waals surface area contributed by atoms with Gasteiger partial charge in [-0.05, 0) is 30.2 Å². The average molecular weight is 391 g/mol. The Labute approximate surface area is 170 Å². The predicted molar refractivity (Wildman–Crippen MR) is 110 cm³/mol. The topological polar surface area (TPSA) is 80.1 Å². The maximum atomic E-state index is 12.9. The molecule has 2 atom stereocenters. The van der Waals surface area contributed by atoms with E-state index in [0.717, 1.165) is 16.8 Å². The Morgan fingerprint density at radius 1 is 1.07 bits per heavy atom. The van der Waals surface area contributed by atoms with Gasteiger partial charge in [-0.25, -0.2) is 9.67 Å². The second-order valence-electron chi connectivity index (χ2n) is 6.98. The van der Waals surface area contributed by atoms with Crippen LogP contribution in [-0.4, -0.2) is 38.5 Å². The molecule has 0 aliphatic rings. The van der Waals surface area contributed by atoms with E-state index in [-0.39, 0.29) is 30.3 Å². The van der Waals surface area contributed by atoms with Crippen LogP contribution in [0.3, 0.4) is 0 Å². The molecule has 0 aliphatic heterocycles. The summed E-state index contributed by atoms with van der Waals surface area (Å²) in [6.45, 7) is 3.45. The Bertz CT molecular complexity index is 939. The molecule has 0 spiro atoms. The van der Waals surface area contributed by atoms with Crippen LogP contribution in [0.25, 0.3) is 5.69 Å². The number of nitrogens with zero attached hydrogens (tertiary/aromatic N) is 4. The van der Waals surface area contributed by atoms with Crippen molar-refractivity contribution in [1.29, 1.82) is 0 Å². The maximum absolute atomic E-state index is 12.9. The van der Waals surface area contributed by atoms with Crippen LogP contribution < -0.4 is 5.32 Å². The van der Waals surface area contributed by atoms with Crippen molar-refractivity contribution in [3.63, 3.8) is 0 Å². The van der Waals surface area contributed by atoms with Crippen molar-refractivity contribution >= 4 is 11.8 Å². The first-order valence-corrected chi connectivity index (χ1v) is 9.48. The molecule has 2 amide bonds. The molecular formula is C22H25N5O2. The summed E-state index contributed by atoms with van der Waals surface area (Å²) in [6.07, 6.45) is 3.32. The Morgan fingerprint density at radius 3 is 2.34 bits per heavy atom. The zero-order valence-corrected chi connectivity index (χ0v) is 16.8. The second kappa shape index (κ2) is 9.14. The van der Waals surface area contributed by atoms with Gasteiger partial charge in [0.15, 0.2) is 0 Å². The van der Waals surface area contributed by atoms with Crippen molar-refractivity contribution in [1.82, 2.24) is 25.0 Å². The molecule has 0 fully saturated rings. The van der Waals surface area contributed by atoms with E-state index in [1.54, 1.807) is 23.0 Å². The third-order valence-corrected chi connectivity index (χ3v) is 4.99. The standard InChI is InChI=1S/C22H25N5O2/c1-16(18-9-11-20(12-10-18)27-15-23-14-24-27)26(3)22(29)13-21(25-17(2)28)19-7-5-4-6-8-19/h4-12,14-16,21H,13H2,1-3H3,(H,25,28)/t16-,21+/m1/s1. The summed E-state index contributed by atoms with van der Waals surface area (Å²) in [5.41, 5.74) is 2.83. The molecular weight excluding hydrogens is 366 g/mol. The SMILES string of the molecule is CC(=O)N[C@@H](CC(=O)N(C)[C@H](C)c1ccc(-n2cncn2)cc1)c1ccccc1. The molecule has 0 radical (unpaired) electrons. The van der Waals surface area contributed by atoms with Crippen molar-refractivity contribution in [2.75, 3.05) is 7.05 Å². The number of amides is 2. The fraction of sp³-hybridized carbons (Fsp3) is 0.273. The molecule has 3 rings (SSSR count). The van der Waals surface area contributed by atoms with Crippen molar-refractivity contribution in [2.45, 2.75) is 32.4 Å². The van der Waals surface area contributed by atoms with E-state index in [0.29, 0.717) is 0 Å². The van der Waals surface area contributed by atoms with Crippen LogP contribution in [0.4, 0.5) is 0 Å². The highest BCUT2D eigenvalue weighted by molar-refractivity contribution is 5.79. The first kappa shape index (κ1) is 20.3. The fourth-order valence-corrected chi connectivity index (χ4v) is 3.19. The van der Waals surface area contributed by atoms with Crippen molar-refractivity contribution in [3.8, 4) is 5.69 Å². The molecule has 7 nitrogen and oxygen atoms in total. The van der Waals surface area contributed by atoms with E-state index in [1.165, 1.54) is 13.3 Å². The van der Waals surface area contributed by atoms with Gasteiger partial charge in [-0.1, -0.05) is 42.5 Å². The molecule has 29 heavy (non-hydrogen) atoms. The first-order chi connectivity index (χ1) is 14.0. The minimum absolute atomic E-state index is 0.0412. The summed E-state index contributed by atoms with van der Waals surface area (Å²) >= 11 is 0. The Hall–Kier alpha value is -3.48. The molecule has 1 N–H and O–H groups in total. The molecule has 0 saturated heterocycles. The quantitative estimate of drug-likeness (QED) is 0.671. The van der Waals surface area contributed by atoms with Crippen LogP contribution in [0.5, 0.6) is 0 Å². The van der Waals surface area contributed by atoms with Crippen molar-refractivity contribution < 1.29 is 9.59 Å². The van der Waals surface area contributed by atoms with E-state index in [1.807, 2.05) is 61.5 Å². The molecule has 0 aliphatic carbocycles. The zero-order chi connectivity index (χ0) is 20.8. The summed E-state index contributed by atoms with van der Waals surface area (Å²) in [4.78, 5) is 30.2. The molecule has 0 saturated carbocycles. The number of hydrogen-bond donors (Lipinski definition) is 1. The maximum Gasteiger partial charge on any atom is 0.225 e. The van der Waals surface area contributed by atoms with Crippen LogP contribution in [-0.2, 0) is 9.59 Å². The number of nitrogens with one attached hydrogen (secondary N) is 1. The lowest BCUT2D eigenvalue weighted by Crippen LogP contribution is -2.35. The van der Waals surface area contributed by atoms with Gasteiger partial charge in [0.05, 0.1) is 24.2 Å². The van der Waals surface area contributed by atoms with Crippen molar-refractivity contribution in [3.05, 3.63) is 78.4 Å². The van der Waals surface area contributed by atoms with E-state index in [9.17, 15) is 9.59 Å². The monoisotopic (exact) mass is 391 g/mol. The van der Waals surface area contributed by atoms with Crippen molar-refractivity contribution in [2.24, 2.45) is 0 Å². The smallest absolute Gasteiger partial charge is 0.225 e. The number of carbonyl (C=O) groups is 2. The summed E-state index contributed by atoms with van der Waals surface area (Å²) in [5.74, 6) is -0.202. The van der Waals surface area contributed by atoms with Gasteiger partial charge in [-0.15, -0.1) is 0 Å². The highest BCUT2D eigenvalue weighted by Crippen LogP contribution is 2.24. The van der Waals surface area contributed by atoms with Gasteiger partial charge < -0.3 is 10.2 Å². The molecule has 7 heteroatoms. The molecule has 1 heterocycles. The first-order valence-electron chi connectivity index (χ1n) is 9.48. The second-order valence-corrected chi connectivity index (χ2v) is 6.98. The van der Waals surface area contributed by atoms with Gasteiger partial charge in [0.25, 0.3) is 0 Å². The third-order valence-electron chi connectivity index (χ3n) is 4.99. The number of benzene rings is 2. The van der Waals surface area contributed by atoms with Gasteiger partial charge in [0.2, 0.25) is 11.8 Å². The van der Waals surface area contributed by atoms with Gasteiger partial charge in [-0.3, -0.25) is 9.59 Å². The number of carbonyl (C=O) groups excluding carboxylic acids is 2. The van der Waals surface area contributed by atoms with Gasteiger partial charge in [-0.2, -0.15) is 5.10 Å². The van der Waals surface area contributed by atoms with Gasteiger partial charge >= 0.3 is 0 Å². The minimum atomic E-state index is -0.356. The lowest BCUT2D eigenvalue weighted by atomic mass is 10.0. The highest BCUT2D eigenvalue weighted by atomic mass is 16.2. The summed E-state index contributed by atoms with van der Waals surface area (Å²) < 4.78 is 1.68. The van der Waals surface area contributed by atoms with Crippen LogP contribution >= 0.6 is 0 Å².